The Kier molecular flexibility index (Phi) is 5.95. The number of esters is 1. The number of carbonyl (C=O) groups is 1. The van der Waals surface area contributed by atoms with Crippen LogP contribution in [0.2, 0.25) is 0 Å². The molecule has 0 spiro atoms. The van der Waals surface area contributed by atoms with Crippen LogP contribution < -0.4 is 5.73 Å². The fourth-order valence-electron chi connectivity index (χ4n) is 2.15. The first-order chi connectivity index (χ1) is 8.44. The Morgan fingerprint density at radius 3 is 2.78 bits per heavy atom. The number of ether oxygens (including phenoxy) is 1. The molecule has 0 aromatic heterocycles. The van der Waals surface area contributed by atoms with Crippen molar-refractivity contribution in [2.75, 3.05) is 20.2 Å². The maximum atomic E-state index is 13.0. The van der Waals surface area contributed by atoms with E-state index < -0.39 is 12.1 Å². The molecule has 0 radical (unpaired) electrons. The number of alkyl halides is 2. The number of hydrogen-bond donors (Lipinski definition) is 1. The number of carbonyl (C=O) groups excluding carboxylic acids is 1. The van der Waals surface area contributed by atoms with Crippen molar-refractivity contribution in [3.05, 3.63) is 0 Å². The van der Waals surface area contributed by atoms with Gasteiger partial charge in [0.1, 0.15) is 0 Å². The van der Waals surface area contributed by atoms with Gasteiger partial charge in [-0.25, -0.2) is 8.78 Å². The zero-order valence-corrected chi connectivity index (χ0v) is 10.8. The number of likely N-dealkylation sites (tertiary alicyclic amines) is 1. The molecule has 0 aromatic carbocycles. The van der Waals surface area contributed by atoms with E-state index in [9.17, 15) is 13.6 Å². The van der Waals surface area contributed by atoms with E-state index in [0.29, 0.717) is 13.0 Å². The van der Waals surface area contributed by atoms with Crippen LogP contribution in [0, 0.1) is 0 Å². The van der Waals surface area contributed by atoms with Gasteiger partial charge >= 0.3 is 5.97 Å². The van der Waals surface area contributed by atoms with Crippen molar-refractivity contribution < 1.29 is 18.3 Å². The molecule has 1 heterocycles. The monoisotopic (exact) mass is 264 g/mol. The molecule has 0 aliphatic carbocycles. The third kappa shape index (κ3) is 5.27. The molecule has 1 saturated heterocycles. The SMILES string of the molecule is COC(=O)CCCCCN1CCC(F)(F)C[C@H]1N. The van der Waals surface area contributed by atoms with Crippen LogP contribution >= 0.6 is 0 Å². The highest BCUT2D eigenvalue weighted by molar-refractivity contribution is 5.68. The van der Waals surface area contributed by atoms with E-state index in [0.717, 1.165) is 25.8 Å². The van der Waals surface area contributed by atoms with Crippen molar-refractivity contribution in [2.24, 2.45) is 5.73 Å². The lowest BCUT2D eigenvalue weighted by molar-refractivity contribution is -0.140. The summed E-state index contributed by atoms with van der Waals surface area (Å²) in [5.41, 5.74) is 5.71. The molecule has 0 saturated carbocycles. The van der Waals surface area contributed by atoms with Gasteiger partial charge in [0.15, 0.2) is 0 Å². The molecule has 18 heavy (non-hydrogen) atoms. The van der Waals surface area contributed by atoms with Crippen molar-refractivity contribution in [3.63, 3.8) is 0 Å². The molecule has 0 amide bonds. The lowest BCUT2D eigenvalue weighted by atomic mass is 10.0. The normalized spacial score (nSPS) is 23.9. The molecule has 2 N–H and O–H groups in total. The van der Waals surface area contributed by atoms with Crippen molar-refractivity contribution in [3.8, 4) is 0 Å². The second-order valence-corrected chi connectivity index (χ2v) is 4.80. The molecule has 1 aliphatic heterocycles. The van der Waals surface area contributed by atoms with Crippen LogP contribution in [-0.2, 0) is 9.53 Å². The van der Waals surface area contributed by atoms with Gasteiger partial charge in [-0.15, -0.1) is 0 Å². The fraction of sp³-hybridized carbons (Fsp3) is 0.917. The smallest absolute Gasteiger partial charge is 0.305 e. The number of nitrogens with two attached hydrogens (primary N) is 1. The summed E-state index contributed by atoms with van der Waals surface area (Å²) < 4.78 is 30.6. The number of methoxy groups -OCH3 is 1. The Balaban J connectivity index is 2.11. The van der Waals surface area contributed by atoms with Gasteiger partial charge in [0.2, 0.25) is 0 Å². The van der Waals surface area contributed by atoms with E-state index in [2.05, 4.69) is 4.74 Å². The van der Waals surface area contributed by atoms with E-state index in [1.54, 1.807) is 0 Å². The Morgan fingerprint density at radius 1 is 1.44 bits per heavy atom. The van der Waals surface area contributed by atoms with Gasteiger partial charge < -0.3 is 10.5 Å². The predicted octanol–water partition coefficient (Wildman–Crippen LogP) is 1.74. The molecular formula is C12H22F2N2O2. The summed E-state index contributed by atoms with van der Waals surface area (Å²) in [6.45, 7) is 1.07. The fourth-order valence-corrected chi connectivity index (χ4v) is 2.15. The van der Waals surface area contributed by atoms with Crippen LogP contribution in [0.5, 0.6) is 0 Å². The molecule has 1 rings (SSSR count). The number of unbranched alkanes of at least 4 members (excludes halogenated alkanes) is 2. The number of hydrogen-bond acceptors (Lipinski definition) is 4. The summed E-state index contributed by atoms with van der Waals surface area (Å²) in [5, 5.41) is 0. The number of rotatable bonds is 6. The summed E-state index contributed by atoms with van der Waals surface area (Å²) >= 11 is 0. The van der Waals surface area contributed by atoms with Gasteiger partial charge in [-0.2, -0.15) is 0 Å². The minimum Gasteiger partial charge on any atom is -0.469 e. The minimum absolute atomic E-state index is 0.108. The zero-order valence-electron chi connectivity index (χ0n) is 10.8. The Bertz CT molecular complexity index is 275. The Morgan fingerprint density at radius 2 is 2.17 bits per heavy atom. The highest BCUT2D eigenvalue weighted by Crippen LogP contribution is 2.30. The maximum absolute atomic E-state index is 13.0. The molecular weight excluding hydrogens is 242 g/mol. The lowest BCUT2D eigenvalue weighted by Gasteiger charge is -2.37. The van der Waals surface area contributed by atoms with Gasteiger partial charge in [0, 0.05) is 25.8 Å². The second kappa shape index (κ2) is 6.99. The van der Waals surface area contributed by atoms with Crippen molar-refractivity contribution >= 4 is 5.97 Å². The van der Waals surface area contributed by atoms with Gasteiger partial charge in [-0.05, 0) is 19.4 Å². The van der Waals surface area contributed by atoms with Crippen LogP contribution in [-0.4, -0.2) is 43.2 Å². The van der Waals surface area contributed by atoms with Crippen LogP contribution in [0.1, 0.15) is 38.5 Å². The molecule has 0 bridgehead atoms. The molecule has 0 aromatic rings. The molecule has 6 heteroatoms. The van der Waals surface area contributed by atoms with Crippen LogP contribution in [0.3, 0.4) is 0 Å². The maximum Gasteiger partial charge on any atom is 0.305 e. The first kappa shape index (κ1) is 15.3. The van der Waals surface area contributed by atoms with Crippen LogP contribution in [0.25, 0.3) is 0 Å². The summed E-state index contributed by atoms with van der Waals surface area (Å²) in [5.74, 6) is -2.81. The third-order valence-electron chi connectivity index (χ3n) is 3.30. The average molecular weight is 264 g/mol. The van der Waals surface area contributed by atoms with Crippen molar-refractivity contribution in [2.45, 2.75) is 50.6 Å². The predicted molar refractivity (Wildman–Crippen MR) is 64.2 cm³/mol. The zero-order chi connectivity index (χ0) is 13.6. The van der Waals surface area contributed by atoms with E-state index in [1.165, 1.54) is 7.11 Å². The molecule has 1 atom stereocenters. The summed E-state index contributed by atoms with van der Waals surface area (Å²) in [4.78, 5) is 12.8. The third-order valence-corrected chi connectivity index (χ3v) is 3.30. The highest BCUT2D eigenvalue weighted by atomic mass is 19.3. The first-order valence-electron chi connectivity index (χ1n) is 6.39. The highest BCUT2D eigenvalue weighted by Gasteiger charge is 2.38. The summed E-state index contributed by atoms with van der Waals surface area (Å²) in [6, 6.07) is 0. The first-order valence-corrected chi connectivity index (χ1v) is 6.39. The van der Waals surface area contributed by atoms with E-state index >= 15 is 0 Å². The lowest BCUT2D eigenvalue weighted by Crippen LogP contribution is -2.51. The molecule has 4 nitrogen and oxygen atoms in total. The van der Waals surface area contributed by atoms with Gasteiger partial charge in [0.05, 0.1) is 13.3 Å². The van der Waals surface area contributed by atoms with Gasteiger partial charge in [0.25, 0.3) is 5.92 Å². The van der Waals surface area contributed by atoms with Gasteiger partial charge in [-0.1, -0.05) is 6.42 Å². The Labute approximate surface area is 106 Å². The quantitative estimate of drug-likeness (QED) is 0.586. The molecule has 1 aliphatic rings. The van der Waals surface area contributed by atoms with Crippen molar-refractivity contribution in [1.29, 1.82) is 0 Å². The van der Waals surface area contributed by atoms with Crippen LogP contribution in [0.4, 0.5) is 8.78 Å². The van der Waals surface area contributed by atoms with Crippen molar-refractivity contribution in [1.82, 2.24) is 4.90 Å². The number of halogens is 2. The topological polar surface area (TPSA) is 55.6 Å². The average Bonchev–Trinajstić information content (AvgIpc) is 2.30. The van der Waals surface area contributed by atoms with E-state index in [-0.39, 0.29) is 18.8 Å². The minimum atomic E-state index is -2.61. The van der Waals surface area contributed by atoms with E-state index in [4.69, 9.17) is 5.73 Å². The molecule has 1 fully saturated rings. The molecule has 106 valence electrons. The Hall–Kier alpha value is -0.750. The molecule has 0 unspecified atom stereocenters. The van der Waals surface area contributed by atoms with E-state index in [1.807, 2.05) is 4.90 Å². The summed E-state index contributed by atoms with van der Waals surface area (Å²) in [7, 11) is 1.37. The van der Waals surface area contributed by atoms with Crippen LogP contribution in [0.15, 0.2) is 0 Å². The standard InChI is InChI=1S/C12H22F2N2O2/c1-18-11(17)5-3-2-4-7-16-8-6-12(13,14)9-10(16)15/h10H,2-9,15H2,1H3/t10-/m0/s1. The van der Waals surface area contributed by atoms with Gasteiger partial charge in [-0.3, -0.25) is 9.69 Å². The number of piperidine rings is 1. The summed E-state index contributed by atoms with van der Waals surface area (Å²) in [6.07, 6.45) is 2.03. The number of nitrogens with zero attached hydrogens (tertiary/aromatic N) is 1. The second-order valence-electron chi connectivity index (χ2n) is 4.80. The largest absolute Gasteiger partial charge is 0.469 e.